The molecule has 0 amide bonds. The van der Waals surface area contributed by atoms with Gasteiger partial charge in [0, 0.05) is 35.0 Å². The summed E-state index contributed by atoms with van der Waals surface area (Å²) >= 11 is 0. The number of para-hydroxylation sites is 1. The highest BCUT2D eigenvalue weighted by Gasteiger charge is 2.17. The Labute approximate surface area is 127 Å². The first-order valence-corrected chi connectivity index (χ1v) is 6.72. The highest BCUT2D eigenvalue weighted by Crippen LogP contribution is 2.29. The summed E-state index contributed by atoms with van der Waals surface area (Å²) in [5, 5.41) is 12.2. The lowest BCUT2D eigenvalue weighted by molar-refractivity contribution is -0.385. The molecule has 0 fully saturated rings. The van der Waals surface area contributed by atoms with E-state index in [0.29, 0.717) is 16.8 Å². The van der Waals surface area contributed by atoms with Crippen LogP contribution in [0.25, 0.3) is 27.6 Å². The molecule has 2 aromatic heterocycles. The highest BCUT2D eigenvalue weighted by atomic mass is 16.6. The van der Waals surface area contributed by atoms with Crippen molar-refractivity contribution in [3.63, 3.8) is 0 Å². The van der Waals surface area contributed by atoms with Crippen molar-refractivity contribution in [3.8, 4) is 11.1 Å². The fourth-order valence-electron chi connectivity index (χ4n) is 2.31. The number of fused-ring (bicyclic) bond motifs is 1. The number of pyridine rings is 2. The smallest absolute Gasteiger partial charge is 0.258 e. The van der Waals surface area contributed by atoms with Crippen LogP contribution in [-0.2, 0) is 0 Å². The Morgan fingerprint density at radius 2 is 1.82 bits per heavy atom. The number of hydrogen-bond donors (Lipinski definition) is 0. The molecule has 0 aliphatic carbocycles. The first-order valence-electron chi connectivity index (χ1n) is 6.72. The third kappa shape index (κ3) is 2.44. The van der Waals surface area contributed by atoms with E-state index in [2.05, 4.69) is 16.5 Å². The molecular formula is C17H13N3O2. The maximum atomic E-state index is 11.2. The minimum absolute atomic E-state index is 0.0434. The standard InChI is InChI=1S/C17H13N3O2/c1-11(2)17-16(20(21)22)8-14(10-19-17)13-7-12-5-3-4-6-15(12)18-9-13/h3-10H,1H2,2H3. The van der Waals surface area contributed by atoms with Gasteiger partial charge < -0.3 is 0 Å². The zero-order valence-electron chi connectivity index (χ0n) is 12.0. The van der Waals surface area contributed by atoms with Gasteiger partial charge in [-0.25, -0.2) is 4.98 Å². The summed E-state index contributed by atoms with van der Waals surface area (Å²) in [6.45, 7) is 5.43. The predicted molar refractivity (Wildman–Crippen MR) is 86.3 cm³/mol. The Bertz CT molecular complexity index is 903. The van der Waals surface area contributed by atoms with Crippen molar-refractivity contribution in [1.82, 2.24) is 9.97 Å². The fraction of sp³-hybridized carbons (Fsp3) is 0.0588. The molecule has 0 saturated carbocycles. The Balaban J connectivity index is 2.16. The Morgan fingerprint density at radius 1 is 1.14 bits per heavy atom. The molecule has 0 bridgehead atoms. The number of benzene rings is 1. The van der Waals surface area contributed by atoms with E-state index in [1.807, 2.05) is 30.3 Å². The summed E-state index contributed by atoms with van der Waals surface area (Å²) in [6, 6.07) is 11.2. The van der Waals surface area contributed by atoms with Crippen LogP contribution >= 0.6 is 0 Å². The molecule has 0 spiro atoms. The van der Waals surface area contributed by atoms with Gasteiger partial charge in [-0.2, -0.15) is 0 Å². The van der Waals surface area contributed by atoms with Gasteiger partial charge >= 0.3 is 0 Å². The second-order valence-corrected chi connectivity index (χ2v) is 5.05. The molecular weight excluding hydrogens is 278 g/mol. The van der Waals surface area contributed by atoms with Crippen LogP contribution in [0, 0.1) is 10.1 Å². The highest BCUT2D eigenvalue weighted by molar-refractivity contribution is 5.84. The van der Waals surface area contributed by atoms with Crippen LogP contribution in [-0.4, -0.2) is 14.9 Å². The van der Waals surface area contributed by atoms with Gasteiger partial charge in [-0.1, -0.05) is 24.8 Å². The lowest BCUT2D eigenvalue weighted by atomic mass is 10.0. The van der Waals surface area contributed by atoms with Gasteiger partial charge in [-0.05, 0) is 24.6 Å². The molecule has 3 aromatic rings. The van der Waals surface area contributed by atoms with Crippen LogP contribution in [0.15, 0.2) is 55.4 Å². The molecule has 0 saturated heterocycles. The zero-order chi connectivity index (χ0) is 15.7. The summed E-state index contributed by atoms with van der Waals surface area (Å²) in [6.07, 6.45) is 3.31. The predicted octanol–water partition coefficient (Wildman–Crippen LogP) is 4.24. The third-order valence-corrected chi connectivity index (χ3v) is 3.39. The van der Waals surface area contributed by atoms with E-state index in [1.165, 1.54) is 6.07 Å². The lowest BCUT2D eigenvalue weighted by Crippen LogP contribution is -1.97. The average Bonchev–Trinajstić information content (AvgIpc) is 2.53. The van der Waals surface area contributed by atoms with E-state index in [0.717, 1.165) is 16.5 Å². The molecule has 0 aliphatic heterocycles. The first kappa shape index (κ1) is 13.9. The summed E-state index contributed by atoms with van der Waals surface area (Å²) in [7, 11) is 0. The van der Waals surface area contributed by atoms with Crippen molar-refractivity contribution in [3.05, 3.63) is 71.2 Å². The van der Waals surface area contributed by atoms with Gasteiger partial charge in [-0.3, -0.25) is 15.1 Å². The van der Waals surface area contributed by atoms with Gasteiger partial charge in [0.25, 0.3) is 5.69 Å². The Kier molecular flexibility index (Phi) is 3.39. The van der Waals surface area contributed by atoms with E-state index in [4.69, 9.17) is 0 Å². The maximum Gasteiger partial charge on any atom is 0.295 e. The van der Waals surface area contributed by atoms with E-state index >= 15 is 0 Å². The third-order valence-electron chi connectivity index (χ3n) is 3.39. The molecule has 22 heavy (non-hydrogen) atoms. The van der Waals surface area contributed by atoms with E-state index < -0.39 is 4.92 Å². The van der Waals surface area contributed by atoms with Crippen LogP contribution in [0.5, 0.6) is 0 Å². The largest absolute Gasteiger partial charge is 0.295 e. The van der Waals surface area contributed by atoms with Gasteiger partial charge in [0.2, 0.25) is 0 Å². The SMILES string of the molecule is C=C(C)c1ncc(-c2cnc3ccccc3c2)cc1[N+](=O)[O-]. The summed E-state index contributed by atoms with van der Waals surface area (Å²) < 4.78 is 0. The number of aromatic nitrogens is 2. The fourth-order valence-corrected chi connectivity index (χ4v) is 2.31. The minimum Gasteiger partial charge on any atom is -0.258 e. The van der Waals surface area contributed by atoms with Gasteiger partial charge in [0.15, 0.2) is 0 Å². The quantitative estimate of drug-likeness (QED) is 0.534. The van der Waals surface area contributed by atoms with Gasteiger partial charge in [0.05, 0.1) is 10.4 Å². The van der Waals surface area contributed by atoms with Crippen molar-refractivity contribution < 1.29 is 4.92 Å². The molecule has 5 nitrogen and oxygen atoms in total. The topological polar surface area (TPSA) is 68.9 Å². The maximum absolute atomic E-state index is 11.2. The van der Waals surface area contributed by atoms with Gasteiger partial charge in [0.1, 0.15) is 5.69 Å². The monoisotopic (exact) mass is 291 g/mol. The second-order valence-electron chi connectivity index (χ2n) is 5.05. The number of hydrogen-bond acceptors (Lipinski definition) is 4. The van der Waals surface area contributed by atoms with Crippen molar-refractivity contribution in [2.24, 2.45) is 0 Å². The molecule has 0 N–H and O–H groups in total. The van der Waals surface area contributed by atoms with Crippen LogP contribution in [0.4, 0.5) is 5.69 Å². The van der Waals surface area contributed by atoms with E-state index in [9.17, 15) is 10.1 Å². The summed E-state index contributed by atoms with van der Waals surface area (Å²) in [5.74, 6) is 0. The lowest BCUT2D eigenvalue weighted by Gasteiger charge is -2.06. The number of nitro groups is 1. The molecule has 3 rings (SSSR count). The number of rotatable bonds is 3. The molecule has 2 heterocycles. The zero-order valence-corrected chi connectivity index (χ0v) is 12.0. The summed E-state index contributed by atoms with van der Waals surface area (Å²) in [5.41, 5.74) is 3.17. The number of allylic oxidation sites excluding steroid dienone is 1. The molecule has 0 aliphatic rings. The molecule has 0 radical (unpaired) electrons. The Hall–Kier alpha value is -3.08. The molecule has 0 unspecified atom stereocenters. The van der Waals surface area contributed by atoms with Crippen LogP contribution in [0.2, 0.25) is 0 Å². The molecule has 1 aromatic carbocycles. The summed E-state index contributed by atoms with van der Waals surface area (Å²) in [4.78, 5) is 19.4. The minimum atomic E-state index is -0.436. The normalized spacial score (nSPS) is 10.6. The van der Waals surface area contributed by atoms with Crippen molar-refractivity contribution in [2.45, 2.75) is 6.92 Å². The van der Waals surface area contributed by atoms with E-state index in [1.54, 1.807) is 19.3 Å². The molecule has 108 valence electrons. The van der Waals surface area contributed by atoms with Crippen molar-refractivity contribution >= 4 is 22.2 Å². The van der Waals surface area contributed by atoms with Crippen LogP contribution in [0.1, 0.15) is 12.6 Å². The molecule has 5 heteroatoms. The van der Waals surface area contributed by atoms with Crippen molar-refractivity contribution in [1.29, 1.82) is 0 Å². The van der Waals surface area contributed by atoms with Gasteiger partial charge in [-0.15, -0.1) is 0 Å². The van der Waals surface area contributed by atoms with Crippen molar-refractivity contribution in [2.75, 3.05) is 0 Å². The molecule has 0 atom stereocenters. The average molecular weight is 291 g/mol. The first-order chi connectivity index (χ1) is 10.6. The number of nitrogens with zero attached hydrogens (tertiary/aromatic N) is 3. The second kappa shape index (κ2) is 5.37. The van der Waals surface area contributed by atoms with Crippen LogP contribution < -0.4 is 0 Å². The van der Waals surface area contributed by atoms with E-state index in [-0.39, 0.29) is 5.69 Å². The Morgan fingerprint density at radius 3 is 2.55 bits per heavy atom. The van der Waals surface area contributed by atoms with Crippen LogP contribution in [0.3, 0.4) is 0 Å².